The lowest BCUT2D eigenvalue weighted by molar-refractivity contribution is -0.127. The van der Waals surface area contributed by atoms with E-state index in [9.17, 15) is 4.79 Å². The predicted octanol–water partition coefficient (Wildman–Crippen LogP) is 1.45. The number of allylic oxidation sites excluding steroid dienone is 1. The maximum absolute atomic E-state index is 11.3. The van der Waals surface area contributed by atoms with Gasteiger partial charge in [-0.1, -0.05) is 12.5 Å². The Labute approximate surface area is 74.2 Å². The van der Waals surface area contributed by atoms with Crippen molar-refractivity contribution >= 4 is 5.91 Å². The SMILES string of the molecule is CC/C(C)=C/C(=O)N(N)C(C)C. The number of amides is 1. The molecule has 0 aliphatic carbocycles. The fourth-order valence-electron chi connectivity index (χ4n) is 0.642. The van der Waals surface area contributed by atoms with Gasteiger partial charge in [0.05, 0.1) is 0 Å². The van der Waals surface area contributed by atoms with Gasteiger partial charge in [0.1, 0.15) is 0 Å². The summed E-state index contributed by atoms with van der Waals surface area (Å²) in [7, 11) is 0. The second kappa shape index (κ2) is 4.93. The molecule has 0 heterocycles. The molecule has 12 heavy (non-hydrogen) atoms. The first-order valence-electron chi connectivity index (χ1n) is 4.24. The number of hydrogen-bond donors (Lipinski definition) is 1. The molecule has 0 atom stereocenters. The Morgan fingerprint density at radius 3 is 2.42 bits per heavy atom. The van der Waals surface area contributed by atoms with Crippen molar-refractivity contribution in [3.05, 3.63) is 11.6 Å². The van der Waals surface area contributed by atoms with Crippen molar-refractivity contribution in [3.63, 3.8) is 0 Å². The van der Waals surface area contributed by atoms with E-state index < -0.39 is 0 Å². The molecule has 0 aromatic heterocycles. The van der Waals surface area contributed by atoms with Gasteiger partial charge in [0.2, 0.25) is 0 Å². The summed E-state index contributed by atoms with van der Waals surface area (Å²) in [5.41, 5.74) is 1.05. The smallest absolute Gasteiger partial charge is 0.260 e. The maximum atomic E-state index is 11.3. The first-order valence-corrected chi connectivity index (χ1v) is 4.24. The van der Waals surface area contributed by atoms with Crippen LogP contribution in [0.25, 0.3) is 0 Å². The Balaban J connectivity index is 4.22. The summed E-state index contributed by atoms with van der Waals surface area (Å²) in [5.74, 6) is 5.38. The minimum absolute atomic E-state index is 0.0541. The van der Waals surface area contributed by atoms with Crippen LogP contribution in [0.15, 0.2) is 11.6 Å². The zero-order valence-electron chi connectivity index (χ0n) is 8.29. The van der Waals surface area contributed by atoms with Gasteiger partial charge in [-0.25, -0.2) is 5.84 Å². The van der Waals surface area contributed by atoms with Crippen LogP contribution in [0, 0.1) is 0 Å². The van der Waals surface area contributed by atoms with Gasteiger partial charge < -0.3 is 0 Å². The van der Waals surface area contributed by atoms with Crippen molar-refractivity contribution in [1.29, 1.82) is 0 Å². The van der Waals surface area contributed by atoms with Gasteiger partial charge in [0.15, 0.2) is 0 Å². The number of nitrogens with two attached hydrogens (primary N) is 1. The van der Waals surface area contributed by atoms with E-state index in [1.165, 1.54) is 5.01 Å². The minimum Gasteiger partial charge on any atom is -0.275 e. The summed E-state index contributed by atoms with van der Waals surface area (Å²) >= 11 is 0. The zero-order chi connectivity index (χ0) is 9.72. The lowest BCUT2D eigenvalue weighted by atomic mass is 10.2. The topological polar surface area (TPSA) is 46.3 Å². The molecule has 70 valence electrons. The van der Waals surface area contributed by atoms with Crippen LogP contribution in [0.1, 0.15) is 34.1 Å². The van der Waals surface area contributed by atoms with Crippen LogP contribution >= 0.6 is 0 Å². The van der Waals surface area contributed by atoms with E-state index in [0.29, 0.717) is 0 Å². The minimum atomic E-state index is -0.121. The van der Waals surface area contributed by atoms with Crippen LogP contribution in [-0.4, -0.2) is 17.0 Å². The Kier molecular flexibility index (Phi) is 4.59. The molecule has 0 radical (unpaired) electrons. The highest BCUT2D eigenvalue weighted by Crippen LogP contribution is 2.00. The summed E-state index contributed by atoms with van der Waals surface area (Å²) < 4.78 is 0. The van der Waals surface area contributed by atoms with Gasteiger partial charge >= 0.3 is 0 Å². The zero-order valence-corrected chi connectivity index (χ0v) is 8.29. The van der Waals surface area contributed by atoms with Gasteiger partial charge in [-0.3, -0.25) is 9.80 Å². The lowest BCUT2D eigenvalue weighted by Gasteiger charge is -2.18. The molecule has 2 N–H and O–H groups in total. The van der Waals surface area contributed by atoms with Crippen molar-refractivity contribution in [2.24, 2.45) is 5.84 Å². The standard InChI is InChI=1S/C9H18N2O/c1-5-8(4)6-9(12)11(10)7(2)3/h6-7H,5,10H2,1-4H3/b8-6+. The van der Waals surface area contributed by atoms with Crippen molar-refractivity contribution in [2.75, 3.05) is 0 Å². The molecule has 0 unspecified atom stereocenters. The number of nitrogens with zero attached hydrogens (tertiary/aromatic N) is 1. The molecule has 0 rings (SSSR count). The van der Waals surface area contributed by atoms with E-state index in [1.807, 2.05) is 27.7 Å². The highest BCUT2D eigenvalue weighted by molar-refractivity contribution is 5.87. The fraction of sp³-hybridized carbons (Fsp3) is 0.667. The largest absolute Gasteiger partial charge is 0.275 e. The molecule has 0 aromatic rings. The number of carbonyl (C=O) groups is 1. The third kappa shape index (κ3) is 3.53. The molecular weight excluding hydrogens is 152 g/mol. The molecule has 0 saturated heterocycles. The van der Waals surface area contributed by atoms with E-state index in [1.54, 1.807) is 6.08 Å². The quantitative estimate of drug-likeness (QED) is 0.301. The normalized spacial score (nSPS) is 12.0. The average molecular weight is 170 g/mol. The third-order valence-corrected chi connectivity index (χ3v) is 1.74. The third-order valence-electron chi connectivity index (χ3n) is 1.74. The summed E-state index contributed by atoms with van der Waals surface area (Å²) in [6.45, 7) is 7.70. The molecule has 0 aliphatic heterocycles. The number of hydrazine groups is 1. The molecule has 3 heteroatoms. The second-order valence-corrected chi connectivity index (χ2v) is 3.18. The Morgan fingerprint density at radius 2 is 2.08 bits per heavy atom. The molecule has 0 aromatic carbocycles. The first-order chi connectivity index (χ1) is 5.49. The summed E-state index contributed by atoms with van der Waals surface area (Å²) in [5, 5.41) is 1.24. The molecule has 3 nitrogen and oxygen atoms in total. The monoisotopic (exact) mass is 170 g/mol. The molecule has 0 aliphatic rings. The van der Waals surface area contributed by atoms with Crippen molar-refractivity contribution in [1.82, 2.24) is 5.01 Å². The van der Waals surface area contributed by atoms with Crippen molar-refractivity contribution in [3.8, 4) is 0 Å². The van der Waals surface area contributed by atoms with Crippen LogP contribution in [0.5, 0.6) is 0 Å². The van der Waals surface area contributed by atoms with Gasteiger partial charge in [0.25, 0.3) is 5.91 Å². The predicted molar refractivity (Wildman–Crippen MR) is 50.2 cm³/mol. The summed E-state index contributed by atoms with van der Waals surface area (Å²) in [4.78, 5) is 11.3. The fourth-order valence-corrected chi connectivity index (χ4v) is 0.642. The molecule has 0 fully saturated rings. The number of rotatable bonds is 3. The Morgan fingerprint density at radius 1 is 1.58 bits per heavy atom. The average Bonchev–Trinajstić information content (AvgIpc) is 2.02. The highest BCUT2D eigenvalue weighted by atomic mass is 16.2. The first kappa shape index (κ1) is 11.2. The maximum Gasteiger partial charge on any atom is 0.260 e. The van der Waals surface area contributed by atoms with E-state index in [4.69, 9.17) is 5.84 Å². The van der Waals surface area contributed by atoms with Crippen LogP contribution in [0.3, 0.4) is 0 Å². The highest BCUT2D eigenvalue weighted by Gasteiger charge is 2.09. The molecule has 0 spiro atoms. The van der Waals surface area contributed by atoms with Crippen molar-refractivity contribution < 1.29 is 4.79 Å². The molecule has 0 bridgehead atoms. The van der Waals surface area contributed by atoms with E-state index >= 15 is 0 Å². The van der Waals surface area contributed by atoms with Gasteiger partial charge in [-0.05, 0) is 27.2 Å². The lowest BCUT2D eigenvalue weighted by Crippen LogP contribution is -2.41. The van der Waals surface area contributed by atoms with Gasteiger partial charge in [0, 0.05) is 12.1 Å². The van der Waals surface area contributed by atoms with Crippen LogP contribution in [0.4, 0.5) is 0 Å². The van der Waals surface area contributed by atoms with Crippen LogP contribution < -0.4 is 5.84 Å². The van der Waals surface area contributed by atoms with Gasteiger partial charge in [-0.15, -0.1) is 0 Å². The number of hydrogen-bond acceptors (Lipinski definition) is 2. The summed E-state index contributed by atoms with van der Waals surface area (Å²) in [6.07, 6.45) is 2.47. The summed E-state index contributed by atoms with van der Waals surface area (Å²) in [6, 6.07) is 0.0541. The van der Waals surface area contributed by atoms with E-state index in [2.05, 4.69) is 0 Å². The van der Waals surface area contributed by atoms with Crippen LogP contribution in [-0.2, 0) is 4.79 Å². The molecule has 0 saturated carbocycles. The molecule has 1 amide bonds. The number of carbonyl (C=O) groups excluding carboxylic acids is 1. The van der Waals surface area contributed by atoms with E-state index in [0.717, 1.165) is 12.0 Å². The van der Waals surface area contributed by atoms with E-state index in [-0.39, 0.29) is 11.9 Å². The van der Waals surface area contributed by atoms with Gasteiger partial charge in [-0.2, -0.15) is 0 Å². The van der Waals surface area contributed by atoms with Crippen LogP contribution in [0.2, 0.25) is 0 Å². The second-order valence-electron chi connectivity index (χ2n) is 3.18. The molecular formula is C9H18N2O. The van der Waals surface area contributed by atoms with Crippen molar-refractivity contribution in [2.45, 2.75) is 40.2 Å². The Hall–Kier alpha value is -0.830. The Bertz CT molecular complexity index is 185.